The molecule has 0 radical (unpaired) electrons. The molecular weight excluding hydrogens is 346 g/mol. The third-order valence-electron chi connectivity index (χ3n) is 3.94. The molecule has 0 spiro atoms. The minimum absolute atomic E-state index is 0.0346. The van der Waals surface area contributed by atoms with Crippen molar-refractivity contribution in [2.45, 2.75) is 32.4 Å². The average Bonchev–Trinajstić information content (AvgIpc) is 2.61. The second-order valence-electron chi connectivity index (χ2n) is 6.16. The van der Waals surface area contributed by atoms with Gasteiger partial charge in [-0.15, -0.1) is 0 Å². The SMILES string of the molecule is COc1ccc(C(C)=O)cc1CSCCCC(=O)Nc1cccc(C)c1. The van der Waals surface area contributed by atoms with E-state index in [2.05, 4.69) is 5.32 Å². The van der Waals surface area contributed by atoms with Crippen molar-refractivity contribution in [2.24, 2.45) is 0 Å². The molecule has 0 unspecified atom stereocenters. The minimum atomic E-state index is 0.0346. The summed E-state index contributed by atoms with van der Waals surface area (Å²) in [7, 11) is 1.63. The molecule has 0 atom stereocenters. The summed E-state index contributed by atoms with van der Waals surface area (Å²) in [5.41, 5.74) is 3.67. The maximum atomic E-state index is 12.0. The van der Waals surface area contributed by atoms with Crippen molar-refractivity contribution in [1.82, 2.24) is 0 Å². The lowest BCUT2D eigenvalue weighted by atomic mass is 10.1. The first-order chi connectivity index (χ1) is 12.5. The van der Waals surface area contributed by atoms with Crippen LogP contribution in [0.5, 0.6) is 5.75 Å². The van der Waals surface area contributed by atoms with Crippen molar-refractivity contribution < 1.29 is 14.3 Å². The molecule has 0 heterocycles. The van der Waals surface area contributed by atoms with Gasteiger partial charge >= 0.3 is 0 Å². The van der Waals surface area contributed by atoms with Crippen LogP contribution in [0.25, 0.3) is 0 Å². The number of nitrogens with one attached hydrogen (secondary N) is 1. The van der Waals surface area contributed by atoms with Gasteiger partial charge in [-0.05, 0) is 61.9 Å². The maximum Gasteiger partial charge on any atom is 0.224 e. The lowest BCUT2D eigenvalue weighted by molar-refractivity contribution is -0.116. The molecule has 1 N–H and O–H groups in total. The van der Waals surface area contributed by atoms with Crippen LogP contribution in [0.2, 0.25) is 0 Å². The van der Waals surface area contributed by atoms with E-state index in [0.29, 0.717) is 12.0 Å². The van der Waals surface area contributed by atoms with E-state index in [9.17, 15) is 9.59 Å². The van der Waals surface area contributed by atoms with Gasteiger partial charge in [0.15, 0.2) is 5.78 Å². The number of rotatable bonds is 9. The number of aryl methyl sites for hydroxylation is 1. The first kappa shape index (κ1) is 20.0. The van der Waals surface area contributed by atoms with Crippen LogP contribution in [0.1, 0.15) is 41.3 Å². The number of ketones is 1. The van der Waals surface area contributed by atoms with Gasteiger partial charge in [-0.1, -0.05) is 12.1 Å². The van der Waals surface area contributed by atoms with Crippen LogP contribution in [-0.2, 0) is 10.5 Å². The molecule has 0 aromatic heterocycles. The number of methoxy groups -OCH3 is 1. The standard InChI is InChI=1S/C21H25NO3S/c1-15-6-4-7-19(12-15)22-21(24)8-5-11-26-14-18-13-17(16(2)23)9-10-20(18)25-3/h4,6-7,9-10,12-13H,5,8,11,14H2,1-3H3,(H,22,24). The summed E-state index contributed by atoms with van der Waals surface area (Å²) in [5, 5.41) is 2.92. The summed E-state index contributed by atoms with van der Waals surface area (Å²) in [6.45, 7) is 3.56. The van der Waals surface area contributed by atoms with Crippen molar-refractivity contribution in [2.75, 3.05) is 18.2 Å². The summed E-state index contributed by atoms with van der Waals surface area (Å²) < 4.78 is 5.36. The van der Waals surface area contributed by atoms with E-state index in [1.807, 2.05) is 43.3 Å². The molecule has 138 valence electrons. The third-order valence-corrected chi connectivity index (χ3v) is 5.03. The summed E-state index contributed by atoms with van der Waals surface area (Å²) in [6.07, 6.45) is 1.29. The number of thioether (sulfide) groups is 1. The summed E-state index contributed by atoms with van der Waals surface area (Å²) in [5.74, 6) is 2.50. The minimum Gasteiger partial charge on any atom is -0.496 e. The quantitative estimate of drug-likeness (QED) is 0.505. The van der Waals surface area contributed by atoms with Gasteiger partial charge < -0.3 is 10.1 Å². The fourth-order valence-electron chi connectivity index (χ4n) is 2.57. The summed E-state index contributed by atoms with van der Waals surface area (Å²) in [4.78, 5) is 23.5. The van der Waals surface area contributed by atoms with Gasteiger partial charge in [-0.25, -0.2) is 0 Å². The fraction of sp³-hybridized carbons (Fsp3) is 0.333. The molecule has 0 bridgehead atoms. The number of carbonyl (C=O) groups is 2. The van der Waals surface area contributed by atoms with E-state index in [1.54, 1.807) is 31.9 Å². The number of amides is 1. The number of carbonyl (C=O) groups excluding carboxylic acids is 2. The summed E-state index contributed by atoms with van der Waals surface area (Å²) in [6, 6.07) is 13.3. The number of ether oxygens (including phenoxy) is 1. The van der Waals surface area contributed by atoms with E-state index in [4.69, 9.17) is 4.74 Å². The molecule has 0 aliphatic heterocycles. The van der Waals surface area contributed by atoms with Crippen molar-refractivity contribution in [3.63, 3.8) is 0 Å². The van der Waals surface area contributed by atoms with Crippen LogP contribution in [0.3, 0.4) is 0 Å². The Labute approximate surface area is 159 Å². The van der Waals surface area contributed by atoms with Crippen LogP contribution in [-0.4, -0.2) is 24.6 Å². The number of Topliss-reactive ketones (excluding diaryl/α,β-unsaturated/α-hetero) is 1. The van der Waals surface area contributed by atoms with Crippen molar-refractivity contribution in [1.29, 1.82) is 0 Å². The third kappa shape index (κ3) is 6.23. The van der Waals surface area contributed by atoms with Crippen LogP contribution in [0, 0.1) is 6.92 Å². The van der Waals surface area contributed by atoms with E-state index < -0.39 is 0 Å². The predicted octanol–water partition coefficient (Wildman–Crippen LogP) is 4.86. The Kier molecular flexibility index (Phi) is 7.73. The Hall–Kier alpha value is -2.27. The lowest BCUT2D eigenvalue weighted by Gasteiger charge is -2.10. The topological polar surface area (TPSA) is 55.4 Å². The molecular formula is C21H25NO3S. The zero-order chi connectivity index (χ0) is 18.9. The molecule has 0 saturated heterocycles. The first-order valence-corrected chi connectivity index (χ1v) is 9.77. The van der Waals surface area contributed by atoms with Crippen LogP contribution >= 0.6 is 11.8 Å². The van der Waals surface area contributed by atoms with E-state index in [-0.39, 0.29) is 11.7 Å². The fourth-order valence-corrected chi connectivity index (χ4v) is 3.51. The van der Waals surface area contributed by atoms with Gasteiger partial charge in [0.1, 0.15) is 5.75 Å². The molecule has 2 rings (SSSR count). The molecule has 4 nitrogen and oxygen atoms in total. The van der Waals surface area contributed by atoms with E-state index in [1.165, 1.54) is 0 Å². The van der Waals surface area contributed by atoms with Gasteiger partial charge in [0.05, 0.1) is 7.11 Å². The molecule has 2 aromatic rings. The van der Waals surface area contributed by atoms with Crippen LogP contribution in [0.4, 0.5) is 5.69 Å². The highest BCUT2D eigenvalue weighted by Gasteiger charge is 2.08. The van der Waals surface area contributed by atoms with Gasteiger partial charge in [0.2, 0.25) is 5.91 Å². The molecule has 26 heavy (non-hydrogen) atoms. The average molecular weight is 372 g/mol. The first-order valence-electron chi connectivity index (χ1n) is 8.61. The van der Waals surface area contributed by atoms with Gasteiger partial charge in [0, 0.05) is 29.0 Å². The Balaban J connectivity index is 1.76. The molecule has 0 aliphatic rings. The Morgan fingerprint density at radius 2 is 1.96 bits per heavy atom. The normalized spacial score (nSPS) is 10.4. The number of benzene rings is 2. The monoisotopic (exact) mass is 371 g/mol. The molecule has 0 aliphatic carbocycles. The second-order valence-corrected chi connectivity index (χ2v) is 7.26. The molecule has 0 fully saturated rings. The lowest BCUT2D eigenvalue weighted by Crippen LogP contribution is -2.11. The van der Waals surface area contributed by atoms with Crippen molar-refractivity contribution in [3.8, 4) is 5.75 Å². The van der Waals surface area contributed by atoms with Crippen molar-refractivity contribution in [3.05, 3.63) is 59.2 Å². The second kappa shape index (κ2) is 10.0. The molecule has 1 amide bonds. The van der Waals surface area contributed by atoms with Gasteiger partial charge in [-0.3, -0.25) is 9.59 Å². The smallest absolute Gasteiger partial charge is 0.224 e. The Bertz CT molecular complexity index is 774. The van der Waals surface area contributed by atoms with E-state index in [0.717, 1.165) is 40.5 Å². The number of anilines is 1. The van der Waals surface area contributed by atoms with E-state index >= 15 is 0 Å². The number of hydrogen-bond donors (Lipinski definition) is 1. The summed E-state index contributed by atoms with van der Waals surface area (Å²) >= 11 is 1.74. The van der Waals surface area contributed by atoms with Gasteiger partial charge in [-0.2, -0.15) is 11.8 Å². The van der Waals surface area contributed by atoms with Crippen LogP contribution < -0.4 is 10.1 Å². The van der Waals surface area contributed by atoms with Gasteiger partial charge in [0.25, 0.3) is 0 Å². The zero-order valence-corrected chi connectivity index (χ0v) is 16.3. The van der Waals surface area contributed by atoms with Crippen molar-refractivity contribution >= 4 is 29.1 Å². The highest BCUT2D eigenvalue weighted by molar-refractivity contribution is 7.98. The maximum absolute atomic E-state index is 12.0. The molecule has 0 saturated carbocycles. The van der Waals surface area contributed by atoms with Crippen LogP contribution in [0.15, 0.2) is 42.5 Å². The highest BCUT2D eigenvalue weighted by Crippen LogP contribution is 2.25. The highest BCUT2D eigenvalue weighted by atomic mass is 32.2. The Morgan fingerprint density at radius 3 is 2.65 bits per heavy atom. The number of hydrogen-bond acceptors (Lipinski definition) is 4. The molecule has 5 heteroatoms. The predicted molar refractivity (Wildman–Crippen MR) is 108 cm³/mol. The Morgan fingerprint density at radius 1 is 1.15 bits per heavy atom. The largest absolute Gasteiger partial charge is 0.496 e. The zero-order valence-electron chi connectivity index (χ0n) is 15.5. The molecule has 2 aromatic carbocycles.